The molecule has 1 rings (SSSR count). The molecule has 0 saturated carbocycles. The van der Waals surface area contributed by atoms with Crippen LogP contribution in [0.3, 0.4) is 0 Å². The summed E-state index contributed by atoms with van der Waals surface area (Å²) >= 11 is 5.44. The number of nitrogens with one attached hydrogen (secondary N) is 1. The number of phenolic OH excluding ortho intramolecular Hbond substituents is 1. The van der Waals surface area contributed by atoms with Crippen molar-refractivity contribution >= 4 is 21.6 Å². The smallest absolute Gasteiger partial charge is 0.211 e. The van der Waals surface area contributed by atoms with Crippen molar-refractivity contribution in [2.45, 2.75) is 12.8 Å². The first kappa shape index (κ1) is 14.3. The molecule has 1 aromatic rings. The van der Waals surface area contributed by atoms with Crippen LogP contribution in [-0.4, -0.2) is 31.7 Å². The summed E-state index contributed by atoms with van der Waals surface area (Å²) in [7, 11) is -3.21. The average molecular weight is 278 g/mol. The van der Waals surface area contributed by atoms with Crippen molar-refractivity contribution in [2.24, 2.45) is 0 Å². The highest BCUT2D eigenvalue weighted by molar-refractivity contribution is 7.89. The van der Waals surface area contributed by atoms with Gasteiger partial charge in [0, 0.05) is 12.4 Å². The van der Waals surface area contributed by atoms with E-state index in [0.29, 0.717) is 25.3 Å². The molecule has 4 nitrogen and oxygen atoms in total. The monoisotopic (exact) mass is 277 g/mol. The van der Waals surface area contributed by atoms with Crippen LogP contribution in [0.1, 0.15) is 12.0 Å². The Morgan fingerprint density at radius 2 is 1.88 bits per heavy atom. The van der Waals surface area contributed by atoms with E-state index in [4.69, 9.17) is 16.7 Å². The molecule has 6 heteroatoms. The van der Waals surface area contributed by atoms with Gasteiger partial charge in [0.15, 0.2) is 0 Å². The summed E-state index contributed by atoms with van der Waals surface area (Å²) in [5, 5.41) is 9.08. The van der Waals surface area contributed by atoms with Crippen LogP contribution in [0.15, 0.2) is 24.3 Å². The third-order valence-electron chi connectivity index (χ3n) is 2.22. The third-order valence-corrected chi connectivity index (χ3v) is 3.96. The van der Waals surface area contributed by atoms with Gasteiger partial charge in [0.1, 0.15) is 5.75 Å². The van der Waals surface area contributed by atoms with Crippen LogP contribution < -0.4 is 4.72 Å². The van der Waals surface area contributed by atoms with E-state index in [0.717, 1.165) is 5.56 Å². The summed E-state index contributed by atoms with van der Waals surface area (Å²) in [6.07, 6.45) is 1.05. The van der Waals surface area contributed by atoms with E-state index in [9.17, 15) is 8.42 Å². The lowest BCUT2D eigenvalue weighted by molar-refractivity contribution is 0.475. The highest BCUT2D eigenvalue weighted by Gasteiger charge is 2.08. The molecule has 2 N–H and O–H groups in total. The number of sulfonamides is 1. The normalized spacial score (nSPS) is 11.6. The number of alkyl halides is 1. The molecule has 96 valence electrons. The van der Waals surface area contributed by atoms with Gasteiger partial charge < -0.3 is 5.11 Å². The molecule has 0 bridgehead atoms. The Morgan fingerprint density at radius 1 is 1.24 bits per heavy atom. The fourth-order valence-corrected chi connectivity index (χ4v) is 2.70. The van der Waals surface area contributed by atoms with Crippen LogP contribution in [0, 0.1) is 0 Å². The van der Waals surface area contributed by atoms with Crippen molar-refractivity contribution < 1.29 is 13.5 Å². The molecule has 0 aliphatic carbocycles. The van der Waals surface area contributed by atoms with Crippen molar-refractivity contribution in [1.29, 1.82) is 0 Å². The minimum Gasteiger partial charge on any atom is -0.508 e. The van der Waals surface area contributed by atoms with Gasteiger partial charge in [-0.3, -0.25) is 0 Å². The molecule has 0 aromatic heterocycles. The second-order valence-corrected chi connectivity index (χ2v) is 5.98. The van der Waals surface area contributed by atoms with E-state index < -0.39 is 10.0 Å². The van der Waals surface area contributed by atoms with Gasteiger partial charge in [0.25, 0.3) is 0 Å². The van der Waals surface area contributed by atoms with Gasteiger partial charge in [-0.25, -0.2) is 13.1 Å². The number of benzene rings is 1. The molecular weight excluding hydrogens is 262 g/mol. The van der Waals surface area contributed by atoms with E-state index in [-0.39, 0.29) is 11.5 Å². The Balaban J connectivity index is 2.34. The summed E-state index contributed by atoms with van der Waals surface area (Å²) in [4.78, 5) is 0. The van der Waals surface area contributed by atoms with Gasteiger partial charge in [-0.15, -0.1) is 11.6 Å². The van der Waals surface area contributed by atoms with Gasteiger partial charge in [0.05, 0.1) is 5.75 Å². The minimum atomic E-state index is -3.21. The fraction of sp³-hybridized carbons (Fsp3) is 0.455. The number of halogens is 1. The molecule has 17 heavy (non-hydrogen) atoms. The van der Waals surface area contributed by atoms with Crippen LogP contribution in [0.5, 0.6) is 5.75 Å². The standard InChI is InChI=1S/C11H16ClNO3S/c12-7-1-9-17(15,16)13-8-6-10-2-4-11(14)5-3-10/h2-5,13-14H,1,6-9H2. The Labute approximate surface area is 107 Å². The second kappa shape index (κ2) is 6.83. The second-order valence-electron chi connectivity index (χ2n) is 3.67. The van der Waals surface area contributed by atoms with Crippen LogP contribution in [-0.2, 0) is 16.4 Å². The molecule has 0 aliphatic rings. The molecule has 0 aliphatic heterocycles. The Bertz CT molecular complexity index is 431. The lowest BCUT2D eigenvalue weighted by atomic mass is 10.1. The molecule has 0 unspecified atom stereocenters. The van der Waals surface area contributed by atoms with Gasteiger partial charge in [-0.05, 0) is 30.5 Å². The molecule has 0 atom stereocenters. The molecule has 0 radical (unpaired) electrons. The average Bonchev–Trinajstić information content (AvgIpc) is 2.29. The minimum absolute atomic E-state index is 0.0616. The van der Waals surface area contributed by atoms with Crippen LogP contribution >= 0.6 is 11.6 Å². The third kappa shape index (κ3) is 5.91. The van der Waals surface area contributed by atoms with E-state index in [1.807, 2.05) is 0 Å². The molecule has 0 amide bonds. The Hall–Kier alpha value is -0.780. The molecule has 0 saturated heterocycles. The van der Waals surface area contributed by atoms with Crippen molar-refractivity contribution in [2.75, 3.05) is 18.2 Å². The van der Waals surface area contributed by atoms with Crippen molar-refractivity contribution in [3.05, 3.63) is 29.8 Å². The first-order chi connectivity index (χ1) is 8.03. The van der Waals surface area contributed by atoms with Crippen molar-refractivity contribution in [3.63, 3.8) is 0 Å². The number of hydrogen-bond acceptors (Lipinski definition) is 3. The zero-order valence-electron chi connectivity index (χ0n) is 9.39. The molecule has 1 aromatic carbocycles. The van der Waals surface area contributed by atoms with Crippen molar-refractivity contribution in [3.8, 4) is 5.75 Å². The largest absolute Gasteiger partial charge is 0.508 e. The molecule has 0 fully saturated rings. The van der Waals surface area contributed by atoms with E-state index in [1.165, 1.54) is 0 Å². The quantitative estimate of drug-likeness (QED) is 0.742. The molecule has 0 heterocycles. The predicted octanol–water partition coefficient (Wildman–Crippen LogP) is 1.48. The fourth-order valence-electron chi connectivity index (χ4n) is 1.33. The van der Waals surface area contributed by atoms with Crippen LogP contribution in [0.4, 0.5) is 0 Å². The van der Waals surface area contributed by atoms with Crippen LogP contribution in [0.2, 0.25) is 0 Å². The van der Waals surface area contributed by atoms with E-state index in [1.54, 1.807) is 24.3 Å². The maximum absolute atomic E-state index is 11.4. The summed E-state index contributed by atoms with van der Waals surface area (Å²) < 4.78 is 25.4. The topological polar surface area (TPSA) is 66.4 Å². The van der Waals surface area contributed by atoms with Gasteiger partial charge >= 0.3 is 0 Å². The first-order valence-corrected chi connectivity index (χ1v) is 7.53. The number of rotatable bonds is 7. The number of aromatic hydroxyl groups is 1. The summed E-state index contributed by atoms with van der Waals surface area (Å²) in [6, 6.07) is 6.69. The predicted molar refractivity (Wildman–Crippen MR) is 68.9 cm³/mol. The lowest BCUT2D eigenvalue weighted by Gasteiger charge is -2.05. The molecular formula is C11H16ClNO3S. The Morgan fingerprint density at radius 3 is 2.47 bits per heavy atom. The zero-order valence-corrected chi connectivity index (χ0v) is 11.0. The maximum Gasteiger partial charge on any atom is 0.211 e. The van der Waals surface area contributed by atoms with Crippen molar-refractivity contribution in [1.82, 2.24) is 4.72 Å². The lowest BCUT2D eigenvalue weighted by Crippen LogP contribution is -2.28. The molecule has 0 spiro atoms. The number of hydrogen-bond donors (Lipinski definition) is 2. The summed E-state index contributed by atoms with van der Waals surface area (Å²) in [6.45, 7) is 0.357. The summed E-state index contributed by atoms with van der Waals surface area (Å²) in [5.74, 6) is 0.613. The van der Waals surface area contributed by atoms with Gasteiger partial charge in [-0.2, -0.15) is 0 Å². The SMILES string of the molecule is O=S(=O)(CCCCl)NCCc1ccc(O)cc1. The van der Waals surface area contributed by atoms with Crippen LogP contribution in [0.25, 0.3) is 0 Å². The van der Waals surface area contributed by atoms with E-state index in [2.05, 4.69) is 4.72 Å². The van der Waals surface area contributed by atoms with Gasteiger partial charge in [-0.1, -0.05) is 12.1 Å². The first-order valence-electron chi connectivity index (χ1n) is 5.35. The highest BCUT2D eigenvalue weighted by Crippen LogP contribution is 2.09. The summed E-state index contributed by atoms with van der Waals surface area (Å²) in [5.41, 5.74) is 0.975. The highest BCUT2D eigenvalue weighted by atomic mass is 35.5. The maximum atomic E-state index is 11.4. The zero-order chi connectivity index (χ0) is 12.7. The van der Waals surface area contributed by atoms with Gasteiger partial charge in [0.2, 0.25) is 10.0 Å². The van der Waals surface area contributed by atoms with E-state index >= 15 is 0 Å². The Kier molecular flexibility index (Phi) is 5.74. The number of phenols is 1.